The van der Waals surface area contributed by atoms with E-state index in [0.29, 0.717) is 0 Å². The van der Waals surface area contributed by atoms with Gasteiger partial charge in [0, 0.05) is 4.43 Å². The van der Waals surface area contributed by atoms with Crippen molar-refractivity contribution < 1.29 is 14.6 Å². The van der Waals surface area contributed by atoms with Gasteiger partial charge in [-0.15, -0.1) is 0 Å². The molecule has 0 aromatic heterocycles. The van der Waals surface area contributed by atoms with Crippen molar-refractivity contribution >= 4 is 28.7 Å². The highest BCUT2D eigenvalue weighted by molar-refractivity contribution is 14.1. The van der Waals surface area contributed by atoms with Crippen LogP contribution in [0.3, 0.4) is 0 Å². The predicted octanol–water partition coefficient (Wildman–Crippen LogP) is 1.38. The Bertz CT molecular complexity index is 73.7. The lowest BCUT2D eigenvalue weighted by Gasteiger charge is -1.92. The van der Waals surface area contributed by atoms with E-state index < -0.39 is 6.16 Å². The number of hydrogen-bond acceptors (Lipinski definition) is 2. The van der Waals surface area contributed by atoms with Crippen LogP contribution in [0.5, 0.6) is 0 Å². The minimum Gasteiger partial charge on any atom is -0.432 e. The Morgan fingerprint density at radius 1 is 1.62 bits per heavy atom. The van der Waals surface area contributed by atoms with Gasteiger partial charge in [0.1, 0.15) is 0 Å². The first-order valence-electron chi connectivity index (χ1n) is 2.17. The summed E-state index contributed by atoms with van der Waals surface area (Å²) in [5.41, 5.74) is 0. The zero-order valence-corrected chi connectivity index (χ0v) is 6.38. The Kier molecular flexibility index (Phi) is 5.14. The predicted molar refractivity (Wildman–Crippen MR) is 35.5 cm³/mol. The number of halogens is 1. The van der Waals surface area contributed by atoms with Crippen LogP contribution in [0.2, 0.25) is 0 Å². The molecule has 0 N–H and O–H groups in total. The second-order valence-corrected chi connectivity index (χ2v) is 2.22. The fraction of sp³-hybridized carbons (Fsp3) is 0.750. The molecule has 0 unspecified atom stereocenters. The van der Waals surface area contributed by atoms with Crippen molar-refractivity contribution in [2.45, 2.75) is 6.42 Å². The van der Waals surface area contributed by atoms with Gasteiger partial charge >= 0.3 is 6.16 Å². The Morgan fingerprint density at radius 2 is 2.25 bits per heavy atom. The summed E-state index contributed by atoms with van der Waals surface area (Å²) < 4.78 is 4.99. The zero-order chi connectivity index (χ0) is 6.41. The Hall–Kier alpha value is 0. The molecule has 0 saturated heterocycles. The number of hydrogen-bond donors (Lipinski definition) is 0. The summed E-state index contributed by atoms with van der Waals surface area (Å²) in [4.78, 5) is 9.54. The molecule has 0 heterocycles. The maximum Gasteiger partial charge on any atom is 0.549 e. The van der Waals surface area contributed by atoms with E-state index in [1.807, 2.05) is 0 Å². The molecule has 0 atom stereocenters. The largest absolute Gasteiger partial charge is 0.549 e. The van der Waals surface area contributed by atoms with Crippen molar-refractivity contribution in [1.29, 1.82) is 0 Å². The van der Waals surface area contributed by atoms with Gasteiger partial charge in [-0.1, -0.05) is 22.6 Å². The number of ether oxygens (including phenoxy) is 1. The van der Waals surface area contributed by atoms with Gasteiger partial charge in [0.05, 0.1) is 6.61 Å². The van der Waals surface area contributed by atoms with Crippen LogP contribution in [-0.2, 0) is 9.84 Å². The maximum absolute atomic E-state index is 9.54. The highest BCUT2D eigenvalue weighted by Gasteiger charge is 1.95. The lowest BCUT2D eigenvalue weighted by Crippen LogP contribution is -1.99. The van der Waals surface area contributed by atoms with E-state index in [4.69, 9.17) is 0 Å². The smallest absolute Gasteiger partial charge is 0.432 e. The molecule has 0 aliphatic rings. The van der Waals surface area contributed by atoms with Crippen LogP contribution in [0.4, 0.5) is 4.79 Å². The number of rotatable bonds is 3. The van der Waals surface area contributed by atoms with Crippen LogP contribution in [0.25, 0.3) is 0 Å². The summed E-state index contributed by atoms with van der Waals surface area (Å²) in [5, 5.41) is 9.54. The third kappa shape index (κ3) is 6.00. The van der Waals surface area contributed by atoms with Gasteiger partial charge in [0.2, 0.25) is 0 Å². The molecule has 0 fully saturated rings. The third-order valence-electron chi connectivity index (χ3n) is 0.498. The van der Waals surface area contributed by atoms with Crippen LogP contribution in [-0.4, -0.2) is 17.2 Å². The number of carbonyl (C=O) groups is 1. The minimum absolute atomic E-state index is 0.255. The Balaban J connectivity index is 2.82. The third-order valence-corrected chi connectivity index (χ3v) is 1.26. The van der Waals surface area contributed by atoms with E-state index in [2.05, 4.69) is 27.3 Å². The number of carbonyl (C=O) groups excluding carboxylic acids is 1. The van der Waals surface area contributed by atoms with Crippen LogP contribution in [0.15, 0.2) is 0 Å². The molecule has 8 heavy (non-hydrogen) atoms. The quantitative estimate of drug-likeness (QED) is 0.317. The monoisotopic (exact) mass is 229 g/mol. The van der Waals surface area contributed by atoms with E-state index >= 15 is 0 Å². The van der Waals surface area contributed by atoms with Gasteiger partial charge in [0.25, 0.3) is 0 Å². The first kappa shape index (κ1) is 8.00. The van der Waals surface area contributed by atoms with Gasteiger partial charge in [0.15, 0.2) is 0 Å². The molecule has 0 aliphatic carbocycles. The van der Waals surface area contributed by atoms with Crippen LogP contribution < -0.4 is 0 Å². The average Bonchev–Trinajstić information content (AvgIpc) is 1.66. The van der Waals surface area contributed by atoms with Crippen molar-refractivity contribution in [2.75, 3.05) is 11.0 Å². The minimum atomic E-state index is -1.44. The molecule has 3 nitrogen and oxygen atoms in total. The highest BCUT2D eigenvalue weighted by Crippen LogP contribution is 1.88. The van der Waals surface area contributed by atoms with E-state index in [9.17, 15) is 9.90 Å². The van der Waals surface area contributed by atoms with E-state index in [1.165, 1.54) is 0 Å². The summed E-state index contributed by atoms with van der Waals surface area (Å²) in [7, 11) is 0. The standard InChI is InChI=1S/C4H6IO3/c5-2-1-3-8-4(6)7/h1-3H2. The summed E-state index contributed by atoms with van der Waals surface area (Å²) in [6.07, 6.45) is -0.677. The van der Waals surface area contributed by atoms with Crippen LogP contribution >= 0.6 is 22.6 Å². The summed E-state index contributed by atoms with van der Waals surface area (Å²) in [6, 6.07) is 0. The number of alkyl halides is 1. The second-order valence-electron chi connectivity index (χ2n) is 1.14. The average molecular weight is 229 g/mol. The summed E-state index contributed by atoms with van der Waals surface area (Å²) >= 11 is 2.14. The van der Waals surface area contributed by atoms with E-state index in [-0.39, 0.29) is 6.61 Å². The van der Waals surface area contributed by atoms with Crippen molar-refractivity contribution in [1.82, 2.24) is 0 Å². The van der Waals surface area contributed by atoms with E-state index in [1.54, 1.807) is 0 Å². The molecule has 1 radical (unpaired) electrons. The molecular weight excluding hydrogens is 223 g/mol. The molecule has 0 aromatic carbocycles. The Labute approximate surface area is 61.2 Å². The first-order chi connectivity index (χ1) is 3.77. The lowest BCUT2D eigenvalue weighted by atomic mass is 10.5. The fourth-order valence-corrected chi connectivity index (χ4v) is 0.521. The van der Waals surface area contributed by atoms with Crippen molar-refractivity contribution in [3.63, 3.8) is 0 Å². The van der Waals surface area contributed by atoms with Gasteiger partial charge in [-0.2, -0.15) is 9.90 Å². The summed E-state index contributed by atoms with van der Waals surface area (Å²) in [6.45, 7) is 0.255. The van der Waals surface area contributed by atoms with Crippen molar-refractivity contribution in [3.8, 4) is 0 Å². The second kappa shape index (κ2) is 5.14. The van der Waals surface area contributed by atoms with Gasteiger partial charge in [-0.05, 0) is 6.42 Å². The van der Waals surface area contributed by atoms with Crippen LogP contribution in [0, 0.1) is 0 Å². The molecule has 0 amide bonds. The molecule has 47 valence electrons. The molecule has 0 aromatic rings. The van der Waals surface area contributed by atoms with E-state index in [0.717, 1.165) is 10.8 Å². The first-order valence-corrected chi connectivity index (χ1v) is 3.69. The lowest BCUT2D eigenvalue weighted by molar-refractivity contribution is 0.0683. The normalized spacial score (nSPS) is 8.62. The molecule has 0 aliphatic heterocycles. The Morgan fingerprint density at radius 3 is 2.62 bits per heavy atom. The SMILES string of the molecule is [O]C(=O)OCCCI. The van der Waals surface area contributed by atoms with Crippen molar-refractivity contribution in [3.05, 3.63) is 0 Å². The van der Waals surface area contributed by atoms with Gasteiger partial charge in [-0.25, -0.2) is 0 Å². The summed E-state index contributed by atoms with van der Waals surface area (Å²) in [5.74, 6) is 0. The van der Waals surface area contributed by atoms with Crippen molar-refractivity contribution in [2.24, 2.45) is 0 Å². The molecule has 4 heteroatoms. The highest BCUT2D eigenvalue weighted by atomic mass is 127. The van der Waals surface area contributed by atoms with Crippen LogP contribution in [0.1, 0.15) is 6.42 Å². The fourth-order valence-electron chi connectivity index (χ4n) is 0.210. The van der Waals surface area contributed by atoms with Gasteiger partial charge < -0.3 is 4.74 Å². The van der Waals surface area contributed by atoms with Gasteiger partial charge in [-0.3, -0.25) is 0 Å². The molecule has 0 rings (SSSR count). The molecule has 0 saturated carbocycles. The topological polar surface area (TPSA) is 46.2 Å². The molecular formula is C4H6IO3. The molecule has 0 spiro atoms. The molecule has 0 bridgehead atoms. The maximum atomic E-state index is 9.54. The zero-order valence-electron chi connectivity index (χ0n) is 4.22.